The first-order valence-corrected chi connectivity index (χ1v) is 9.02. The second-order valence-corrected chi connectivity index (χ2v) is 6.90. The summed E-state index contributed by atoms with van der Waals surface area (Å²) in [6.45, 7) is 0. The molecule has 1 N–H and O–H groups in total. The molecule has 3 aromatic carbocycles. The number of nitrogens with zero attached hydrogens (tertiary/aromatic N) is 1. The SMILES string of the molecule is O[C@@](c1ccccc1)(c1ccccn1)c1ccc2c3c(cccc13)CC2. The minimum absolute atomic E-state index is 0.643. The summed E-state index contributed by atoms with van der Waals surface area (Å²) < 4.78 is 0. The van der Waals surface area contributed by atoms with Crippen molar-refractivity contribution in [1.29, 1.82) is 0 Å². The van der Waals surface area contributed by atoms with Crippen LogP contribution < -0.4 is 0 Å². The molecule has 0 saturated carbocycles. The van der Waals surface area contributed by atoms with E-state index in [1.54, 1.807) is 6.20 Å². The van der Waals surface area contributed by atoms with Crippen LogP contribution in [0.15, 0.2) is 85.1 Å². The molecule has 0 fully saturated rings. The van der Waals surface area contributed by atoms with Crippen LogP contribution >= 0.6 is 0 Å². The van der Waals surface area contributed by atoms with Crippen LogP contribution in [0.3, 0.4) is 0 Å². The molecule has 1 atom stereocenters. The predicted octanol–water partition coefficient (Wildman–Crippen LogP) is 4.62. The van der Waals surface area contributed by atoms with Crippen LogP contribution in [0.5, 0.6) is 0 Å². The number of pyridine rings is 1. The van der Waals surface area contributed by atoms with E-state index in [9.17, 15) is 5.11 Å². The topological polar surface area (TPSA) is 33.1 Å². The van der Waals surface area contributed by atoms with Gasteiger partial charge in [-0.3, -0.25) is 4.98 Å². The maximum absolute atomic E-state index is 12.1. The Kier molecular flexibility index (Phi) is 3.41. The van der Waals surface area contributed by atoms with Crippen molar-refractivity contribution < 1.29 is 5.11 Å². The summed E-state index contributed by atoms with van der Waals surface area (Å²) in [5, 5.41) is 14.5. The van der Waals surface area contributed by atoms with Crippen molar-refractivity contribution in [2.24, 2.45) is 0 Å². The Morgan fingerprint density at radius 3 is 2.27 bits per heavy atom. The molecule has 1 aliphatic rings. The number of benzene rings is 3. The maximum atomic E-state index is 12.1. The Bertz CT molecular complexity index is 1040. The van der Waals surface area contributed by atoms with Crippen molar-refractivity contribution in [1.82, 2.24) is 4.98 Å². The lowest BCUT2D eigenvalue weighted by atomic mass is 9.80. The Hall–Kier alpha value is -2.97. The van der Waals surface area contributed by atoms with Crippen molar-refractivity contribution in [2.75, 3.05) is 0 Å². The number of hydrogen-bond donors (Lipinski definition) is 1. The van der Waals surface area contributed by atoms with E-state index in [2.05, 4.69) is 35.3 Å². The first-order valence-electron chi connectivity index (χ1n) is 9.02. The van der Waals surface area contributed by atoms with E-state index in [-0.39, 0.29) is 0 Å². The molecule has 1 aliphatic carbocycles. The molecule has 126 valence electrons. The Balaban J connectivity index is 1.87. The molecule has 1 aromatic heterocycles. The molecule has 5 rings (SSSR count). The lowest BCUT2D eigenvalue weighted by molar-refractivity contribution is 0.122. The van der Waals surface area contributed by atoms with Gasteiger partial charge in [-0.2, -0.15) is 0 Å². The summed E-state index contributed by atoms with van der Waals surface area (Å²) in [4.78, 5) is 4.52. The first kappa shape index (κ1) is 15.3. The van der Waals surface area contributed by atoms with Crippen molar-refractivity contribution in [3.63, 3.8) is 0 Å². The summed E-state index contributed by atoms with van der Waals surface area (Å²) >= 11 is 0. The second-order valence-electron chi connectivity index (χ2n) is 6.90. The maximum Gasteiger partial charge on any atom is 0.157 e. The summed E-state index contributed by atoms with van der Waals surface area (Å²) in [6.07, 6.45) is 3.89. The van der Waals surface area contributed by atoms with E-state index in [1.807, 2.05) is 48.5 Å². The van der Waals surface area contributed by atoms with Gasteiger partial charge < -0.3 is 5.11 Å². The van der Waals surface area contributed by atoms with Gasteiger partial charge in [0.05, 0.1) is 5.69 Å². The lowest BCUT2D eigenvalue weighted by Crippen LogP contribution is -2.30. The van der Waals surface area contributed by atoms with Gasteiger partial charge in [0.1, 0.15) is 0 Å². The van der Waals surface area contributed by atoms with E-state index >= 15 is 0 Å². The molecular formula is C24H19NO. The zero-order chi connectivity index (χ0) is 17.6. The van der Waals surface area contributed by atoms with Crippen molar-refractivity contribution in [3.8, 4) is 0 Å². The first-order chi connectivity index (χ1) is 12.8. The van der Waals surface area contributed by atoms with Crippen molar-refractivity contribution in [3.05, 3.63) is 113 Å². The molecule has 1 heterocycles. The Labute approximate surface area is 152 Å². The monoisotopic (exact) mass is 337 g/mol. The van der Waals surface area contributed by atoms with Gasteiger partial charge in [0.15, 0.2) is 5.60 Å². The third-order valence-corrected chi connectivity index (χ3v) is 5.49. The van der Waals surface area contributed by atoms with Gasteiger partial charge in [0, 0.05) is 11.8 Å². The number of hydrogen-bond acceptors (Lipinski definition) is 2. The summed E-state index contributed by atoms with van der Waals surface area (Å²) in [5.74, 6) is 0. The van der Waals surface area contributed by atoms with E-state index in [4.69, 9.17) is 0 Å². The van der Waals surface area contributed by atoms with Gasteiger partial charge in [-0.25, -0.2) is 0 Å². The average Bonchev–Trinajstić information content (AvgIpc) is 3.14. The van der Waals surface area contributed by atoms with Gasteiger partial charge in [0.25, 0.3) is 0 Å². The quantitative estimate of drug-likeness (QED) is 0.592. The number of aromatic nitrogens is 1. The zero-order valence-corrected chi connectivity index (χ0v) is 14.4. The third kappa shape index (κ3) is 2.12. The minimum atomic E-state index is -1.29. The van der Waals surface area contributed by atoms with Crippen LogP contribution in [-0.4, -0.2) is 10.1 Å². The number of rotatable bonds is 3. The largest absolute Gasteiger partial charge is 0.374 e. The van der Waals surface area contributed by atoms with Gasteiger partial charge in [-0.1, -0.05) is 66.7 Å². The van der Waals surface area contributed by atoms with E-state index < -0.39 is 5.60 Å². The molecule has 2 heteroatoms. The predicted molar refractivity (Wildman–Crippen MR) is 104 cm³/mol. The fourth-order valence-electron chi connectivity index (χ4n) is 4.26. The fourth-order valence-corrected chi connectivity index (χ4v) is 4.26. The lowest BCUT2D eigenvalue weighted by Gasteiger charge is -2.30. The summed E-state index contributed by atoms with van der Waals surface area (Å²) in [6, 6.07) is 26.2. The molecule has 0 amide bonds. The molecule has 0 bridgehead atoms. The smallest absolute Gasteiger partial charge is 0.157 e. The molecule has 26 heavy (non-hydrogen) atoms. The standard InChI is InChI=1S/C24H19NO/c26-24(19-8-2-1-3-9-19,22-11-4-5-16-25-22)21-15-14-18-13-12-17-7-6-10-20(21)23(17)18/h1-11,14-16,26H,12-13H2/t24-/m1/s1. The van der Waals surface area contributed by atoms with Crippen LogP contribution in [-0.2, 0) is 18.4 Å². The fraction of sp³-hybridized carbons (Fsp3) is 0.125. The highest BCUT2D eigenvalue weighted by Gasteiger charge is 2.37. The van der Waals surface area contributed by atoms with Crippen molar-refractivity contribution >= 4 is 10.8 Å². The summed E-state index contributed by atoms with van der Waals surface area (Å²) in [7, 11) is 0. The number of aryl methyl sites for hydroxylation is 2. The zero-order valence-electron chi connectivity index (χ0n) is 14.4. The molecule has 0 aliphatic heterocycles. The van der Waals surface area contributed by atoms with Crippen LogP contribution in [0.4, 0.5) is 0 Å². The highest BCUT2D eigenvalue weighted by molar-refractivity contribution is 5.94. The average molecular weight is 337 g/mol. The number of aliphatic hydroxyl groups is 1. The Morgan fingerprint density at radius 2 is 1.50 bits per heavy atom. The highest BCUT2D eigenvalue weighted by atomic mass is 16.3. The molecule has 0 saturated heterocycles. The van der Waals surface area contributed by atoms with Gasteiger partial charge in [-0.05, 0) is 52.4 Å². The van der Waals surface area contributed by atoms with Gasteiger partial charge in [-0.15, -0.1) is 0 Å². The normalized spacial score (nSPS) is 15.1. The van der Waals surface area contributed by atoms with E-state index in [0.29, 0.717) is 5.69 Å². The van der Waals surface area contributed by atoms with Crippen LogP contribution in [0, 0.1) is 0 Å². The Morgan fingerprint density at radius 1 is 0.731 bits per heavy atom. The second kappa shape index (κ2) is 5.79. The van der Waals surface area contributed by atoms with Gasteiger partial charge >= 0.3 is 0 Å². The summed E-state index contributed by atoms with van der Waals surface area (Å²) in [5.41, 5.74) is 3.82. The molecule has 4 aromatic rings. The third-order valence-electron chi connectivity index (χ3n) is 5.49. The molecule has 0 radical (unpaired) electrons. The van der Waals surface area contributed by atoms with Gasteiger partial charge in [0.2, 0.25) is 0 Å². The van der Waals surface area contributed by atoms with Crippen LogP contribution in [0.2, 0.25) is 0 Å². The van der Waals surface area contributed by atoms with E-state index in [1.165, 1.54) is 16.5 Å². The van der Waals surface area contributed by atoms with Crippen LogP contribution in [0.25, 0.3) is 10.8 Å². The highest BCUT2D eigenvalue weighted by Crippen LogP contribution is 2.42. The molecular weight excluding hydrogens is 318 g/mol. The molecule has 2 nitrogen and oxygen atoms in total. The molecule has 0 unspecified atom stereocenters. The van der Waals surface area contributed by atoms with E-state index in [0.717, 1.165) is 29.4 Å². The van der Waals surface area contributed by atoms with Crippen molar-refractivity contribution in [2.45, 2.75) is 18.4 Å². The van der Waals surface area contributed by atoms with Crippen LogP contribution in [0.1, 0.15) is 27.9 Å². The molecule has 0 spiro atoms. The minimum Gasteiger partial charge on any atom is -0.374 e.